The van der Waals surface area contributed by atoms with Crippen molar-refractivity contribution >= 4 is 0 Å². The molecule has 1 saturated heterocycles. The van der Waals surface area contributed by atoms with Crippen molar-refractivity contribution in [3.8, 4) is 22.4 Å². The van der Waals surface area contributed by atoms with E-state index < -0.39 is 0 Å². The first-order valence-corrected chi connectivity index (χ1v) is 11.5. The number of rotatable bonds is 5. The predicted molar refractivity (Wildman–Crippen MR) is 132 cm³/mol. The smallest absolute Gasteiger partial charge is 0.123 e. The van der Waals surface area contributed by atoms with E-state index in [1.54, 1.807) is 0 Å². The molecule has 0 saturated carbocycles. The first-order chi connectivity index (χ1) is 16.1. The SMILES string of the molecule is Cc1[nH]nc(-c2ccccc2)c1C(c1ccc(-c2ccc(F)cc2)cc1)N1CCN(C)CC1. The van der Waals surface area contributed by atoms with Gasteiger partial charge in [0.15, 0.2) is 0 Å². The fourth-order valence-corrected chi connectivity index (χ4v) is 4.73. The van der Waals surface area contributed by atoms with E-state index in [-0.39, 0.29) is 11.9 Å². The average Bonchev–Trinajstić information content (AvgIpc) is 3.23. The third-order valence-electron chi connectivity index (χ3n) is 6.62. The van der Waals surface area contributed by atoms with Gasteiger partial charge in [-0.25, -0.2) is 4.39 Å². The molecule has 0 aliphatic carbocycles. The number of H-pyrrole nitrogens is 1. The standard InChI is InChI=1S/C28H29FN4/c1-20-26(27(31-30-20)23-6-4-3-5-7-23)28(33-18-16-32(2)17-19-33)24-10-8-21(9-11-24)22-12-14-25(29)15-13-22/h3-15,28H,16-19H2,1-2H3,(H,30,31). The van der Waals surface area contributed by atoms with Crippen LogP contribution in [0.3, 0.4) is 0 Å². The molecule has 5 heteroatoms. The zero-order chi connectivity index (χ0) is 22.8. The topological polar surface area (TPSA) is 35.2 Å². The van der Waals surface area contributed by atoms with Crippen LogP contribution in [0.5, 0.6) is 0 Å². The van der Waals surface area contributed by atoms with E-state index in [0.717, 1.165) is 54.3 Å². The molecule has 5 rings (SSSR count). The van der Waals surface area contributed by atoms with E-state index in [2.05, 4.69) is 77.4 Å². The Hall–Kier alpha value is -3.28. The van der Waals surface area contributed by atoms with Gasteiger partial charge in [0, 0.05) is 43.0 Å². The van der Waals surface area contributed by atoms with Crippen LogP contribution in [0.1, 0.15) is 22.9 Å². The number of nitrogens with one attached hydrogen (secondary N) is 1. The Balaban J connectivity index is 1.57. The van der Waals surface area contributed by atoms with Gasteiger partial charge in [-0.1, -0.05) is 66.7 Å². The molecule has 168 valence electrons. The molecule has 33 heavy (non-hydrogen) atoms. The molecule has 0 radical (unpaired) electrons. The quantitative estimate of drug-likeness (QED) is 0.443. The summed E-state index contributed by atoms with van der Waals surface area (Å²) < 4.78 is 13.4. The molecule has 0 bridgehead atoms. The third-order valence-corrected chi connectivity index (χ3v) is 6.62. The Morgan fingerprint density at radius 1 is 0.788 bits per heavy atom. The maximum Gasteiger partial charge on any atom is 0.123 e. The highest BCUT2D eigenvalue weighted by Gasteiger charge is 2.30. The van der Waals surface area contributed by atoms with E-state index in [1.807, 2.05) is 18.2 Å². The number of aromatic amines is 1. The van der Waals surface area contributed by atoms with Crippen molar-refractivity contribution in [3.05, 3.63) is 102 Å². The van der Waals surface area contributed by atoms with Gasteiger partial charge in [-0.2, -0.15) is 5.10 Å². The van der Waals surface area contributed by atoms with Crippen LogP contribution in [0.4, 0.5) is 4.39 Å². The summed E-state index contributed by atoms with van der Waals surface area (Å²) in [5.74, 6) is -0.214. The van der Waals surface area contributed by atoms with Crippen molar-refractivity contribution in [2.75, 3.05) is 33.2 Å². The van der Waals surface area contributed by atoms with Gasteiger partial charge in [0.1, 0.15) is 5.82 Å². The summed E-state index contributed by atoms with van der Waals surface area (Å²) in [4.78, 5) is 4.95. The van der Waals surface area contributed by atoms with Crippen LogP contribution in [0.25, 0.3) is 22.4 Å². The van der Waals surface area contributed by atoms with Gasteiger partial charge in [0.25, 0.3) is 0 Å². The molecule has 1 N–H and O–H groups in total. The molecule has 1 aliphatic rings. The first kappa shape index (κ1) is 21.6. The lowest BCUT2D eigenvalue weighted by Gasteiger charge is -2.38. The van der Waals surface area contributed by atoms with Gasteiger partial charge in [-0.05, 0) is 42.8 Å². The lowest BCUT2D eigenvalue weighted by atomic mass is 9.91. The minimum Gasteiger partial charge on any atom is -0.304 e. The van der Waals surface area contributed by atoms with Crippen LogP contribution >= 0.6 is 0 Å². The van der Waals surface area contributed by atoms with E-state index >= 15 is 0 Å². The minimum absolute atomic E-state index is 0.106. The van der Waals surface area contributed by atoms with Crippen molar-refractivity contribution in [2.45, 2.75) is 13.0 Å². The fourth-order valence-electron chi connectivity index (χ4n) is 4.73. The van der Waals surface area contributed by atoms with Crippen molar-refractivity contribution in [1.29, 1.82) is 0 Å². The molecule has 1 unspecified atom stereocenters. The van der Waals surface area contributed by atoms with Crippen molar-refractivity contribution in [1.82, 2.24) is 20.0 Å². The summed E-state index contributed by atoms with van der Waals surface area (Å²) in [5.41, 5.74) is 7.82. The number of aromatic nitrogens is 2. The zero-order valence-corrected chi connectivity index (χ0v) is 19.1. The van der Waals surface area contributed by atoms with E-state index in [1.165, 1.54) is 23.3 Å². The lowest BCUT2D eigenvalue weighted by Crippen LogP contribution is -2.46. The molecule has 1 atom stereocenters. The van der Waals surface area contributed by atoms with Crippen LogP contribution < -0.4 is 0 Å². The summed E-state index contributed by atoms with van der Waals surface area (Å²) >= 11 is 0. The summed E-state index contributed by atoms with van der Waals surface area (Å²) in [6.45, 7) is 6.20. The van der Waals surface area contributed by atoms with Gasteiger partial charge in [-0.3, -0.25) is 10.00 Å². The van der Waals surface area contributed by atoms with Gasteiger partial charge in [-0.15, -0.1) is 0 Å². The van der Waals surface area contributed by atoms with Crippen molar-refractivity contribution in [3.63, 3.8) is 0 Å². The molecule has 1 aromatic heterocycles. The molecule has 3 aromatic carbocycles. The minimum atomic E-state index is -0.214. The number of aryl methyl sites for hydroxylation is 1. The van der Waals surface area contributed by atoms with E-state index in [4.69, 9.17) is 5.10 Å². The second kappa shape index (κ2) is 9.30. The highest BCUT2D eigenvalue weighted by Crippen LogP contribution is 2.37. The number of benzene rings is 3. The molecule has 4 aromatic rings. The van der Waals surface area contributed by atoms with Crippen molar-refractivity contribution < 1.29 is 4.39 Å². The van der Waals surface area contributed by atoms with Crippen LogP contribution in [0.15, 0.2) is 78.9 Å². The van der Waals surface area contributed by atoms with E-state index in [9.17, 15) is 4.39 Å². The zero-order valence-electron chi connectivity index (χ0n) is 19.1. The van der Waals surface area contributed by atoms with Gasteiger partial charge in [0.2, 0.25) is 0 Å². The maximum absolute atomic E-state index is 13.4. The van der Waals surface area contributed by atoms with Gasteiger partial charge in [0.05, 0.1) is 11.7 Å². The summed E-state index contributed by atoms with van der Waals surface area (Å²) in [5, 5.41) is 7.97. The summed E-state index contributed by atoms with van der Waals surface area (Å²) in [6, 6.07) is 25.9. The Morgan fingerprint density at radius 2 is 1.39 bits per heavy atom. The summed E-state index contributed by atoms with van der Waals surface area (Å²) in [7, 11) is 2.18. The number of likely N-dealkylation sites (N-methyl/N-ethyl adjacent to an activating group) is 1. The normalized spacial score (nSPS) is 16.1. The molecule has 1 aliphatic heterocycles. The van der Waals surface area contributed by atoms with Crippen LogP contribution in [0, 0.1) is 12.7 Å². The highest BCUT2D eigenvalue weighted by molar-refractivity contribution is 5.67. The number of halogens is 1. The average molecular weight is 441 g/mol. The van der Waals surface area contributed by atoms with Crippen LogP contribution in [-0.4, -0.2) is 53.2 Å². The molecular formula is C28H29FN4. The molecule has 0 spiro atoms. The first-order valence-electron chi connectivity index (χ1n) is 11.5. The molecule has 1 fully saturated rings. The number of piperazine rings is 1. The van der Waals surface area contributed by atoms with Gasteiger partial charge >= 0.3 is 0 Å². The molecule has 0 amide bonds. The fraction of sp³-hybridized carbons (Fsp3) is 0.250. The maximum atomic E-state index is 13.4. The Morgan fingerprint density at radius 3 is 2.03 bits per heavy atom. The van der Waals surface area contributed by atoms with E-state index in [0.29, 0.717) is 0 Å². The predicted octanol–water partition coefficient (Wildman–Crippen LogP) is 5.53. The number of hydrogen-bond acceptors (Lipinski definition) is 3. The lowest BCUT2D eigenvalue weighted by molar-refractivity contribution is 0.127. The molecule has 2 heterocycles. The Kier molecular flexibility index (Phi) is 6.07. The number of nitrogens with zero attached hydrogens (tertiary/aromatic N) is 3. The van der Waals surface area contributed by atoms with Gasteiger partial charge < -0.3 is 4.90 Å². The molecular weight excluding hydrogens is 411 g/mol. The largest absolute Gasteiger partial charge is 0.304 e. The monoisotopic (exact) mass is 440 g/mol. The number of hydrogen-bond donors (Lipinski definition) is 1. The highest BCUT2D eigenvalue weighted by atomic mass is 19.1. The van der Waals surface area contributed by atoms with Crippen molar-refractivity contribution in [2.24, 2.45) is 0 Å². The Bertz CT molecular complexity index is 1190. The third kappa shape index (κ3) is 4.47. The second-order valence-corrected chi connectivity index (χ2v) is 8.85. The molecule has 4 nitrogen and oxygen atoms in total. The van der Waals surface area contributed by atoms with Crippen LogP contribution in [0.2, 0.25) is 0 Å². The Labute approximate surface area is 194 Å². The summed E-state index contributed by atoms with van der Waals surface area (Å²) in [6.07, 6.45) is 0. The van der Waals surface area contributed by atoms with Crippen LogP contribution in [-0.2, 0) is 0 Å². The second-order valence-electron chi connectivity index (χ2n) is 8.85.